The fourth-order valence-electron chi connectivity index (χ4n) is 3.44. The molecule has 2 heterocycles. The third-order valence-electron chi connectivity index (χ3n) is 4.84. The summed E-state index contributed by atoms with van der Waals surface area (Å²) in [6.45, 7) is 2.37. The SMILES string of the molecule is Cc1nc(CC(=O)NC[C@H]2Cc3cccc(-c4ccc(C(N)=O)cc4)c3O2)cs1. The Hall–Kier alpha value is -3.19. The molecule has 1 aliphatic heterocycles. The predicted molar refractivity (Wildman–Crippen MR) is 112 cm³/mol. The number of carbonyl (C=O) groups excluding carboxylic acids is 2. The molecule has 2 aromatic carbocycles. The van der Waals surface area contributed by atoms with Crippen LogP contribution in [0.5, 0.6) is 5.75 Å². The van der Waals surface area contributed by atoms with Gasteiger partial charge in [0.2, 0.25) is 11.8 Å². The Balaban J connectivity index is 1.41. The van der Waals surface area contributed by atoms with E-state index in [9.17, 15) is 9.59 Å². The largest absolute Gasteiger partial charge is 0.487 e. The minimum absolute atomic E-state index is 0.0582. The molecule has 0 saturated heterocycles. The minimum Gasteiger partial charge on any atom is -0.487 e. The number of nitrogens with two attached hydrogens (primary N) is 1. The minimum atomic E-state index is -0.449. The number of aryl methyl sites for hydroxylation is 1. The number of nitrogens with one attached hydrogen (secondary N) is 1. The van der Waals surface area contributed by atoms with Gasteiger partial charge in [-0.15, -0.1) is 11.3 Å². The number of primary amides is 1. The van der Waals surface area contributed by atoms with Crippen molar-refractivity contribution in [3.63, 3.8) is 0 Å². The molecule has 0 radical (unpaired) electrons. The van der Waals surface area contributed by atoms with Crippen molar-refractivity contribution < 1.29 is 14.3 Å². The zero-order valence-electron chi connectivity index (χ0n) is 16.0. The maximum Gasteiger partial charge on any atom is 0.248 e. The van der Waals surface area contributed by atoms with Crippen molar-refractivity contribution in [2.24, 2.45) is 5.73 Å². The van der Waals surface area contributed by atoms with E-state index in [1.807, 2.05) is 42.6 Å². The molecule has 7 heteroatoms. The molecule has 29 heavy (non-hydrogen) atoms. The molecule has 1 atom stereocenters. The predicted octanol–water partition coefficient (Wildman–Crippen LogP) is 2.88. The van der Waals surface area contributed by atoms with E-state index in [1.165, 1.54) is 0 Å². The normalized spacial score (nSPS) is 14.9. The summed E-state index contributed by atoms with van der Waals surface area (Å²) in [5, 5.41) is 5.81. The molecule has 2 amide bonds. The monoisotopic (exact) mass is 407 g/mol. The number of aromatic nitrogens is 1. The van der Waals surface area contributed by atoms with E-state index >= 15 is 0 Å². The third-order valence-corrected chi connectivity index (χ3v) is 5.67. The van der Waals surface area contributed by atoms with E-state index in [0.29, 0.717) is 12.1 Å². The maximum atomic E-state index is 12.2. The van der Waals surface area contributed by atoms with E-state index in [2.05, 4.69) is 10.3 Å². The molecule has 6 nitrogen and oxygen atoms in total. The lowest BCUT2D eigenvalue weighted by Crippen LogP contribution is -2.35. The summed E-state index contributed by atoms with van der Waals surface area (Å²) in [7, 11) is 0. The summed E-state index contributed by atoms with van der Waals surface area (Å²) >= 11 is 1.54. The first-order chi connectivity index (χ1) is 14.0. The standard InChI is InChI=1S/C22H21N3O3S/c1-13-25-17(12-29-13)10-20(26)24-11-18-9-16-3-2-4-19(21(16)28-18)14-5-7-15(8-6-14)22(23)27/h2-8,12,18H,9-11H2,1H3,(H2,23,27)(H,24,26)/t18-/m1/s1. The number of hydrogen-bond acceptors (Lipinski definition) is 5. The number of ether oxygens (including phenoxy) is 1. The van der Waals surface area contributed by atoms with Crippen LogP contribution in [-0.4, -0.2) is 29.4 Å². The number of benzene rings is 2. The highest BCUT2D eigenvalue weighted by Crippen LogP contribution is 2.38. The first kappa shape index (κ1) is 19.1. The van der Waals surface area contributed by atoms with Gasteiger partial charge in [-0.3, -0.25) is 9.59 Å². The molecule has 0 spiro atoms. The van der Waals surface area contributed by atoms with E-state index in [4.69, 9.17) is 10.5 Å². The quantitative estimate of drug-likeness (QED) is 0.657. The average molecular weight is 407 g/mol. The Bertz CT molecular complexity index is 1060. The summed E-state index contributed by atoms with van der Waals surface area (Å²) in [5.41, 5.74) is 9.61. The van der Waals surface area contributed by atoms with Crippen LogP contribution in [-0.2, 0) is 17.6 Å². The molecule has 1 aromatic heterocycles. The number of rotatable bonds is 6. The van der Waals surface area contributed by atoms with Gasteiger partial charge >= 0.3 is 0 Å². The van der Waals surface area contributed by atoms with Gasteiger partial charge in [0.1, 0.15) is 11.9 Å². The second-order valence-electron chi connectivity index (χ2n) is 7.02. The highest BCUT2D eigenvalue weighted by atomic mass is 32.1. The number of amides is 2. The van der Waals surface area contributed by atoms with Gasteiger partial charge in [0.25, 0.3) is 0 Å². The van der Waals surface area contributed by atoms with Gasteiger partial charge in [-0.25, -0.2) is 4.98 Å². The summed E-state index contributed by atoms with van der Waals surface area (Å²) in [6, 6.07) is 13.2. The Morgan fingerprint density at radius 1 is 1.24 bits per heavy atom. The van der Waals surface area contributed by atoms with Crippen molar-refractivity contribution in [2.45, 2.75) is 25.9 Å². The first-order valence-corrected chi connectivity index (χ1v) is 10.2. The molecule has 0 unspecified atom stereocenters. The van der Waals surface area contributed by atoms with Crippen molar-refractivity contribution in [1.82, 2.24) is 10.3 Å². The second kappa shape index (κ2) is 8.05. The Morgan fingerprint density at radius 3 is 2.72 bits per heavy atom. The van der Waals surface area contributed by atoms with Crippen molar-refractivity contribution in [2.75, 3.05) is 6.54 Å². The first-order valence-electron chi connectivity index (χ1n) is 9.36. The van der Waals surface area contributed by atoms with Gasteiger partial charge < -0.3 is 15.8 Å². The smallest absolute Gasteiger partial charge is 0.248 e. The Morgan fingerprint density at radius 2 is 2.03 bits per heavy atom. The van der Waals surface area contributed by atoms with Crippen molar-refractivity contribution in [3.05, 3.63) is 69.7 Å². The summed E-state index contributed by atoms with van der Waals surface area (Å²) in [4.78, 5) is 27.8. The van der Waals surface area contributed by atoms with Gasteiger partial charge in [-0.1, -0.05) is 30.3 Å². The summed E-state index contributed by atoms with van der Waals surface area (Å²) < 4.78 is 6.15. The van der Waals surface area contributed by atoms with Crippen LogP contribution in [0.1, 0.15) is 26.6 Å². The lowest BCUT2D eigenvalue weighted by Gasteiger charge is -2.13. The number of carbonyl (C=O) groups is 2. The summed E-state index contributed by atoms with van der Waals surface area (Å²) in [6.07, 6.45) is 0.900. The molecule has 3 N–H and O–H groups in total. The number of hydrogen-bond donors (Lipinski definition) is 2. The topological polar surface area (TPSA) is 94.3 Å². The average Bonchev–Trinajstić information content (AvgIpc) is 3.31. The van der Waals surface area contributed by atoms with E-state index < -0.39 is 5.91 Å². The molecule has 4 rings (SSSR count). The molecular weight excluding hydrogens is 386 g/mol. The zero-order chi connectivity index (χ0) is 20.4. The number of nitrogens with zero attached hydrogens (tertiary/aromatic N) is 1. The van der Waals surface area contributed by atoms with Crippen LogP contribution in [0.2, 0.25) is 0 Å². The Kier molecular flexibility index (Phi) is 5.31. The molecule has 0 aliphatic carbocycles. The van der Waals surface area contributed by atoms with E-state index in [0.717, 1.165) is 39.6 Å². The van der Waals surface area contributed by atoms with Crippen LogP contribution in [0, 0.1) is 6.92 Å². The molecular formula is C22H21N3O3S. The van der Waals surface area contributed by atoms with E-state index in [-0.39, 0.29) is 18.4 Å². The zero-order valence-corrected chi connectivity index (χ0v) is 16.8. The molecule has 0 fully saturated rings. The lowest BCUT2D eigenvalue weighted by molar-refractivity contribution is -0.120. The highest BCUT2D eigenvalue weighted by molar-refractivity contribution is 7.09. The third kappa shape index (κ3) is 4.30. The molecule has 0 bridgehead atoms. The van der Waals surface area contributed by atoms with Crippen molar-refractivity contribution in [1.29, 1.82) is 0 Å². The van der Waals surface area contributed by atoms with Crippen molar-refractivity contribution >= 4 is 23.2 Å². The fourth-order valence-corrected chi connectivity index (χ4v) is 4.05. The molecule has 1 aliphatic rings. The van der Waals surface area contributed by atoms with Gasteiger partial charge in [0, 0.05) is 22.9 Å². The van der Waals surface area contributed by atoms with Gasteiger partial charge in [-0.2, -0.15) is 0 Å². The number of thiazole rings is 1. The second-order valence-corrected chi connectivity index (χ2v) is 8.08. The van der Waals surface area contributed by atoms with Crippen molar-refractivity contribution in [3.8, 4) is 16.9 Å². The van der Waals surface area contributed by atoms with Gasteiger partial charge in [0.05, 0.1) is 23.7 Å². The molecule has 148 valence electrons. The van der Waals surface area contributed by atoms with Crippen LogP contribution in [0.3, 0.4) is 0 Å². The van der Waals surface area contributed by atoms with Crippen LogP contribution in [0.4, 0.5) is 0 Å². The van der Waals surface area contributed by atoms with E-state index in [1.54, 1.807) is 23.5 Å². The van der Waals surface area contributed by atoms with Crippen LogP contribution in [0.25, 0.3) is 11.1 Å². The highest BCUT2D eigenvalue weighted by Gasteiger charge is 2.26. The van der Waals surface area contributed by atoms with Crippen LogP contribution in [0.15, 0.2) is 47.8 Å². The van der Waals surface area contributed by atoms with Crippen LogP contribution >= 0.6 is 11.3 Å². The fraction of sp³-hybridized carbons (Fsp3) is 0.227. The molecule has 0 saturated carbocycles. The Labute approximate surface area is 172 Å². The summed E-state index contributed by atoms with van der Waals surface area (Å²) in [5.74, 6) is 0.320. The molecule has 3 aromatic rings. The lowest BCUT2D eigenvalue weighted by atomic mass is 9.99. The van der Waals surface area contributed by atoms with Gasteiger partial charge in [-0.05, 0) is 30.2 Å². The maximum absolute atomic E-state index is 12.2. The van der Waals surface area contributed by atoms with Crippen LogP contribution < -0.4 is 15.8 Å². The van der Waals surface area contributed by atoms with Gasteiger partial charge in [0.15, 0.2) is 0 Å². The number of fused-ring (bicyclic) bond motifs is 1. The number of para-hydroxylation sites is 1.